The van der Waals surface area contributed by atoms with Crippen molar-refractivity contribution in [3.63, 3.8) is 0 Å². The molecular weight excluding hydrogens is 418 g/mol. The van der Waals surface area contributed by atoms with E-state index in [4.69, 9.17) is 9.97 Å². The lowest BCUT2D eigenvalue weighted by atomic mass is 9.84. The number of hydrogen-bond donors (Lipinski definition) is 0. The number of aryl methyl sites for hydroxylation is 1. The lowest BCUT2D eigenvalue weighted by Gasteiger charge is -2.39. The molecule has 1 aromatic carbocycles. The van der Waals surface area contributed by atoms with Gasteiger partial charge in [-0.05, 0) is 31.7 Å². The van der Waals surface area contributed by atoms with Crippen LogP contribution in [0.25, 0.3) is 0 Å². The summed E-state index contributed by atoms with van der Waals surface area (Å²) in [6, 6.07) is 6.70. The van der Waals surface area contributed by atoms with Crippen LogP contribution in [-0.2, 0) is 11.2 Å². The standard InChI is InChI=1S/C25H33N5O3/c1-4-17(2)23-26-18(3)22(16-19-8-10-21(11-9-19)30(32)33)24(27-23)28-12-14-29(15-13-28)25(31)20-6-5-7-20/h8-11,17,20H,4-7,12-16H2,1-3H3/t17-/m1/s1. The van der Waals surface area contributed by atoms with Crippen LogP contribution >= 0.6 is 0 Å². The van der Waals surface area contributed by atoms with Gasteiger partial charge < -0.3 is 9.80 Å². The number of rotatable bonds is 7. The van der Waals surface area contributed by atoms with Crippen molar-refractivity contribution in [3.8, 4) is 0 Å². The van der Waals surface area contributed by atoms with Gasteiger partial charge in [-0.2, -0.15) is 0 Å². The second-order valence-electron chi connectivity index (χ2n) is 9.32. The zero-order valence-corrected chi connectivity index (χ0v) is 19.8. The van der Waals surface area contributed by atoms with E-state index in [1.807, 2.05) is 11.8 Å². The minimum absolute atomic E-state index is 0.0892. The van der Waals surface area contributed by atoms with Crippen LogP contribution in [-0.4, -0.2) is 51.9 Å². The Morgan fingerprint density at radius 3 is 2.36 bits per heavy atom. The van der Waals surface area contributed by atoms with Gasteiger partial charge in [-0.3, -0.25) is 14.9 Å². The largest absolute Gasteiger partial charge is 0.353 e. The summed E-state index contributed by atoms with van der Waals surface area (Å²) >= 11 is 0. The van der Waals surface area contributed by atoms with Crippen LogP contribution < -0.4 is 4.90 Å². The van der Waals surface area contributed by atoms with E-state index in [-0.39, 0.29) is 22.4 Å². The number of carbonyl (C=O) groups is 1. The monoisotopic (exact) mass is 451 g/mol. The van der Waals surface area contributed by atoms with Crippen molar-refractivity contribution >= 4 is 17.4 Å². The first-order valence-corrected chi connectivity index (χ1v) is 12.0. The van der Waals surface area contributed by atoms with Gasteiger partial charge in [-0.25, -0.2) is 9.97 Å². The molecule has 0 bridgehead atoms. The Kier molecular flexibility index (Phi) is 6.91. The first-order chi connectivity index (χ1) is 15.9. The molecule has 2 heterocycles. The quantitative estimate of drug-likeness (QED) is 0.462. The van der Waals surface area contributed by atoms with Gasteiger partial charge in [0.25, 0.3) is 5.69 Å². The number of nitro benzene ring substituents is 1. The Bertz CT molecular complexity index is 1010. The molecule has 1 aromatic heterocycles. The van der Waals surface area contributed by atoms with E-state index in [1.54, 1.807) is 24.3 Å². The number of anilines is 1. The van der Waals surface area contributed by atoms with Crippen molar-refractivity contribution in [2.75, 3.05) is 31.1 Å². The summed E-state index contributed by atoms with van der Waals surface area (Å²) < 4.78 is 0. The fourth-order valence-electron chi connectivity index (χ4n) is 4.47. The van der Waals surface area contributed by atoms with Crippen LogP contribution in [0.1, 0.15) is 68.1 Å². The number of nitrogens with zero attached hydrogens (tertiary/aromatic N) is 5. The average Bonchev–Trinajstić information content (AvgIpc) is 2.79. The molecule has 1 aliphatic carbocycles. The molecule has 1 amide bonds. The number of benzene rings is 1. The summed E-state index contributed by atoms with van der Waals surface area (Å²) in [5.41, 5.74) is 3.08. The molecule has 0 N–H and O–H groups in total. The smallest absolute Gasteiger partial charge is 0.269 e. The predicted octanol–water partition coefficient (Wildman–Crippen LogP) is 4.25. The van der Waals surface area contributed by atoms with Crippen LogP contribution in [0.5, 0.6) is 0 Å². The van der Waals surface area contributed by atoms with Crippen molar-refractivity contribution in [1.82, 2.24) is 14.9 Å². The van der Waals surface area contributed by atoms with Crippen molar-refractivity contribution in [3.05, 3.63) is 57.0 Å². The van der Waals surface area contributed by atoms with Gasteiger partial charge in [-0.1, -0.05) is 32.4 Å². The maximum Gasteiger partial charge on any atom is 0.269 e. The zero-order valence-electron chi connectivity index (χ0n) is 19.8. The number of carbonyl (C=O) groups excluding carboxylic acids is 1. The summed E-state index contributed by atoms with van der Waals surface area (Å²) in [6.45, 7) is 9.24. The highest BCUT2D eigenvalue weighted by Gasteiger charge is 2.32. The first kappa shape index (κ1) is 23.1. The van der Waals surface area contributed by atoms with Crippen molar-refractivity contribution < 1.29 is 9.72 Å². The summed E-state index contributed by atoms with van der Waals surface area (Å²) in [4.78, 5) is 37.4. The van der Waals surface area contributed by atoms with E-state index < -0.39 is 0 Å². The number of non-ortho nitro benzene ring substituents is 1. The highest BCUT2D eigenvalue weighted by molar-refractivity contribution is 5.80. The SMILES string of the molecule is CC[C@@H](C)c1nc(C)c(Cc2ccc([N+](=O)[O-])cc2)c(N2CCN(C(=O)C3CCC3)CC2)n1. The number of piperazine rings is 1. The number of amides is 1. The summed E-state index contributed by atoms with van der Waals surface area (Å²) in [6.07, 6.45) is 4.80. The molecule has 1 saturated carbocycles. The predicted molar refractivity (Wildman–Crippen MR) is 128 cm³/mol. The van der Waals surface area contributed by atoms with Gasteiger partial charge in [0.1, 0.15) is 11.6 Å². The van der Waals surface area contributed by atoms with Gasteiger partial charge in [0.05, 0.1) is 4.92 Å². The van der Waals surface area contributed by atoms with E-state index in [9.17, 15) is 14.9 Å². The van der Waals surface area contributed by atoms with E-state index >= 15 is 0 Å². The van der Waals surface area contributed by atoms with Gasteiger partial charge in [0.15, 0.2) is 0 Å². The molecule has 1 atom stereocenters. The number of aromatic nitrogens is 2. The molecule has 0 spiro atoms. The molecule has 2 fully saturated rings. The molecule has 1 aliphatic heterocycles. The molecule has 8 heteroatoms. The fraction of sp³-hybridized carbons (Fsp3) is 0.560. The lowest BCUT2D eigenvalue weighted by Crippen LogP contribution is -2.51. The molecule has 8 nitrogen and oxygen atoms in total. The van der Waals surface area contributed by atoms with E-state index in [1.165, 1.54) is 6.42 Å². The third-order valence-corrected chi connectivity index (χ3v) is 7.14. The molecule has 2 aromatic rings. The van der Waals surface area contributed by atoms with Crippen molar-refractivity contribution in [1.29, 1.82) is 0 Å². The first-order valence-electron chi connectivity index (χ1n) is 12.0. The van der Waals surface area contributed by atoms with Crippen molar-refractivity contribution in [2.45, 2.75) is 58.8 Å². The van der Waals surface area contributed by atoms with Gasteiger partial charge >= 0.3 is 0 Å². The van der Waals surface area contributed by atoms with Crippen LogP contribution in [0, 0.1) is 23.0 Å². The number of nitro groups is 1. The Morgan fingerprint density at radius 1 is 1.15 bits per heavy atom. The molecule has 2 aliphatic rings. The van der Waals surface area contributed by atoms with E-state index in [0.717, 1.165) is 60.8 Å². The average molecular weight is 452 g/mol. The van der Waals surface area contributed by atoms with Gasteiger partial charge in [0.2, 0.25) is 5.91 Å². The van der Waals surface area contributed by atoms with E-state index in [0.29, 0.717) is 25.4 Å². The molecular formula is C25H33N5O3. The summed E-state index contributed by atoms with van der Waals surface area (Å²) in [7, 11) is 0. The topological polar surface area (TPSA) is 92.5 Å². The van der Waals surface area contributed by atoms with Crippen LogP contribution in [0.15, 0.2) is 24.3 Å². The van der Waals surface area contributed by atoms with Gasteiger partial charge in [-0.15, -0.1) is 0 Å². The minimum atomic E-state index is -0.380. The summed E-state index contributed by atoms with van der Waals surface area (Å²) in [5.74, 6) is 2.59. The van der Waals surface area contributed by atoms with Crippen LogP contribution in [0.3, 0.4) is 0 Å². The lowest BCUT2D eigenvalue weighted by molar-refractivity contribution is -0.384. The van der Waals surface area contributed by atoms with Crippen LogP contribution in [0.4, 0.5) is 11.5 Å². The summed E-state index contributed by atoms with van der Waals surface area (Å²) in [5, 5.41) is 11.0. The number of hydrogen-bond acceptors (Lipinski definition) is 6. The second-order valence-corrected chi connectivity index (χ2v) is 9.32. The Morgan fingerprint density at radius 2 is 1.82 bits per heavy atom. The minimum Gasteiger partial charge on any atom is -0.353 e. The molecule has 176 valence electrons. The normalized spacial score (nSPS) is 17.5. The highest BCUT2D eigenvalue weighted by atomic mass is 16.6. The Hall–Kier alpha value is -3.03. The maximum absolute atomic E-state index is 12.7. The molecule has 0 radical (unpaired) electrons. The highest BCUT2D eigenvalue weighted by Crippen LogP contribution is 2.31. The third-order valence-electron chi connectivity index (χ3n) is 7.14. The fourth-order valence-corrected chi connectivity index (χ4v) is 4.47. The second kappa shape index (κ2) is 9.85. The van der Waals surface area contributed by atoms with Crippen LogP contribution in [0.2, 0.25) is 0 Å². The van der Waals surface area contributed by atoms with E-state index in [2.05, 4.69) is 18.7 Å². The molecule has 0 unspecified atom stereocenters. The van der Waals surface area contributed by atoms with Gasteiger partial charge in [0, 0.05) is 67.8 Å². The molecule has 4 rings (SSSR count). The Balaban J connectivity index is 1.58. The molecule has 1 saturated heterocycles. The maximum atomic E-state index is 12.7. The Labute approximate surface area is 195 Å². The van der Waals surface area contributed by atoms with Crippen molar-refractivity contribution in [2.24, 2.45) is 5.92 Å². The molecule has 33 heavy (non-hydrogen) atoms. The zero-order chi connectivity index (χ0) is 23.5. The third kappa shape index (κ3) is 4.99.